The summed E-state index contributed by atoms with van der Waals surface area (Å²) < 4.78 is 22.3. The van der Waals surface area contributed by atoms with Crippen molar-refractivity contribution in [3.8, 4) is 28.5 Å². The molecule has 1 aliphatic heterocycles. The summed E-state index contributed by atoms with van der Waals surface area (Å²) in [5.41, 5.74) is 4.66. The fourth-order valence-corrected chi connectivity index (χ4v) is 4.60. The number of aromatic nitrogens is 1. The van der Waals surface area contributed by atoms with Gasteiger partial charge in [0.1, 0.15) is 5.60 Å². The number of rotatable bonds is 6. The molecule has 0 bridgehead atoms. The van der Waals surface area contributed by atoms with Gasteiger partial charge in [0, 0.05) is 18.3 Å². The molecule has 2 heterocycles. The molecule has 7 nitrogen and oxygen atoms in total. The Hall–Kier alpha value is -3.74. The number of carbonyl (C=O) groups is 1. The highest BCUT2D eigenvalue weighted by atomic mass is 16.6. The van der Waals surface area contributed by atoms with E-state index in [9.17, 15) is 4.79 Å². The Morgan fingerprint density at radius 2 is 1.69 bits per heavy atom. The number of nitrogens with zero attached hydrogens (tertiary/aromatic N) is 2. The minimum atomic E-state index is -0.579. The average molecular weight is 491 g/mol. The van der Waals surface area contributed by atoms with Crippen molar-refractivity contribution in [2.75, 3.05) is 27.9 Å². The van der Waals surface area contributed by atoms with Gasteiger partial charge in [0.05, 0.1) is 27.4 Å². The number of fused-ring (bicyclic) bond motifs is 1. The van der Waals surface area contributed by atoms with Crippen LogP contribution in [0.25, 0.3) is 11.1 Å². The maximum atomic E-state index is 13.2. The summed E-state index contributed by atoms with van der Waals surface area (Å²) in [7, 11) is 4.88. The number of benzene rings is 2. The van der Waals surface area contributed by atoms with Gasteiger partial charge in [0.15, 0.2) is 11.5 Å². The zero-order valence-corrected chi connectivity index (χ0v) is 21.8. The molecule has 1 aliphatic rings. The number of ether oxygens (including phenoxy) is 4. The van der Waals surface area contributed by atoms with E-state index in [0.29, 0.717) is 36.8 Å². The second-order valence-corrected chi connectivity index (χ2v) is 9.81. The summed E-state index contributed by atoms with van der Waals surface area (Å²) in [5, 5.41) is 0. The molecule has 0 saturated heterocycles. The monoisotopic (exact) mass is 490 g/mol. The van der Waals surface area contributed by atoms with Crippen LogP contribution in [0, 0.1) is 0 Å². The Morgan fingerprint density at radius 3 is 2.33 bits per heavy atom. The summed E-state index contributed by atoms with van der Waals surface area (Å²) in [6, 6.07) is 16.0. The van der Waals surface area contributed by atoms with E-state index in [1.807, 2.05) is 49.9 Å². The molecule has 1 aromatic heterocycles. The van der Waals surface area contributed by atoms with E-state index in [4.69, 9.17) is 18.9 Å². The molecule has 4 rings (SSSR count). The Kier molecular flexibility index (Phi) is 7.38. The van der Waals surface area contributed by atoms with Gasteiger partial charge < -0.3 is 23.8 Å². The fourth-order valence-electron chi connectivity index (χ4n) is 4.60. The van der Waals surface area contributed by atoms with Crippen molar-refractivity contribution in [1.82, 2.24) is 9.88 Å². The average Bonchev–Trinajstić information content (AvgIpc) is 2.87. The molecular weight excluding hydrogens is 456 g/mol. The zero-order valence-electron chi connectivity index (χ0n) is 21.8. The van der Waals surface area contributed by atoms with Gasteiger partial charge in [-0.3, -0.25) is 0 Å². The van der Waals surface area contributed by atoms with Crippen LogP contribution >= 0.6 is 0 Å². The lowest BCUT2D eigenvalue weighted by Crippen LogP contribution is -2.43. The minimum Gasteiger partial charge on any atom is -0.493 e. The van der Waals surface area contributed by atoms with Crippen LogP contribution in [-0.4, -0.2) is 49.5 Å². The summed E-state index contributed by atoms with van der Waals surface area (Å²) >= 11 is 0. The summed E-state index contributed by atoms with van der Waals surface area (Å²) in [5.74, 6) is 1.92. The van der Waals surface area contributed by atoms with E-state index in [0.717, 1.165) is 27.8 Å². The maximum absolute atomic E-state index is 13.2. The number of hydrogen-bond donors (Lipinski definition) is 0. The van der Waals surface area contributed by atoms with Crippen LogP contribution in [0.4, 0.5) is 4.79 Å². The SMILES string of the molecule is COc1cc2c(cc1OC)C(Cc1ccc(-c3cccnc3OC)cc1)N(C(=O)OC(C)(C)C)CC2. The quantitative estimate of drug-likeness (QED) is 0.432. The number of hydrogen-bond acceptors (Lipinski definition) is 6. The third kappa shape index (κ3) is 5.40. The van der Waals surface area contributed by atoms with Crippen LogP contribution in [-0.2, 0) is 17.6 Å². The highest BCUT2D eigenvalue weighted by Gasteiger charge is 2.34. The van der Waals surface area contributed by atoms with Gasteiger partial charge in [-0.15, -0.1) is 0 Å². The molecule has 36 heavy (non-hydrogen) atoms. The molecule has 2 aromatic carbocycles. The molecule has 3 aromatic rings. The van der Waals surface area contributed by atoms with Gasteiger partial charge in [0.25, 0.3) is 0 Å². The maximum Gasteiger partial charge on any atom is 0.410 e. The second-order valence-electron chi connectivity index (χ2n) is 9.81. The first kappa shape index (κ1) is 25.4. The summed E-state index contributed by atoms with van der Waals surface area (Å²) in [6.07, 6.45) is 2.74. The molecule has 0 aliphatic carbocycles. The van der Waals surface area contributed by atoms with Gasteiger partial charge in [0.2, 0.25) is 5.88 Å². The van der Waals surface area contributed by atoms with Gasteiger partial charge in [-0.2, -0.15) is 0 Å². The van der Waals surface area contributed by atoms with Crippen molar-refractivity contribution in [3.05, 3.63) is 71.4 Å². The third-order valence-electron chi connectivity index (χ3n) is 6.29. The Morgan fingerprint density at radius 1 is 1.00 bits per heavy atom. The molecule has 1 atom stereocenters. The van der Waals surface area contributed by atoms with Crippen molar-refractivity contribution in [2.45, 2.75) is 45.3 Å². The van der Waals surface area contributed by atoms with Crippen LogP contribution in [0.1, 0.15) is 43.5 Å². The number of carbonyl (C=O) groups excluding carboxylic acids is 1. The summed E-state index contributed by atoms with van der Waals surface area (Å²) in [6.45, 7) is 6.22. The van der Waals surface area contributed by atoms with Crippen molar-refractivity contribution >= 4 is 6.09 Å². The van der Waals surface area contributed by atoms with Gasteiger partial charge in [-0.25, -0.2) is 9.78 Å². The van der Waals surface area contributed by atoms with E-state index in [-0.39, 0.29) is 12.1 Å². The van der Waals surface area contributed by atoms with Gasteiger partial charge >= 0.3 is 6.09 Å². The van der Waals surface area contributed by atoms with Crippen molar-refractivity contribution < 1.29 is 23.7 Å². The van der Waals surface area contributed by atoms with Crippen molar-refractivity contribution in [3.63, 3.8) is 0 Å². The zero-order chi connectivity index (χ0) is 25.9. The lowest BCUT2D eigenvalue weighted by atomic mass is 9.88. The van der Waals surface area contributed by atoms with Crippen LogP contribution in [0.3, 0.4) is 0 Å². The van der Waals surface area contributed by atoms with Gasteiger partial charge in [-0.1, -0.05) is 24.3 Å². The van der Waals surface area contributed by atoms with Crippen LogP contribution in [0.15, 0.2) is 54.7 Å². The molecular formula is C29H34N2O5. The molecule has 0 saturated carbocycles. The molecule has 1 unspecified atom stereocenters. The van der Waals surface area contributed by atoms with Crippen LogP contribution in [0.5, 0.6) is 17.4 Å². The number of amides is 1. The van der Waals surface area contributed by atoms with E-state index < -0.39 is 5.60 Å². The Labute approximate surface area is 213 Å². The van der Waals surface area contributed by atoms with E-state index in [1.54, 1.807) is 27.5 Å². The largest absolute Gasteiger partial charge is 0.493 e. The second kappa shape index (κ2) is 10.5. The van der Waals surface area contributed by atoms with E-state index in [2.05, 4.69) is 29.2 Å². The third-order valence-corrected chi connectivity index (χ3v) is 6.29. The lowest BCUT2D eigenvalue weighted by Gasteiger charge is -2.38. The number of methoxy groups -OCH3 is 3. The molecule has 0 spiro atoms. The predicted octanol–water partition coefficient (Wildman–Crippen LogP) is 5.85. The lowest BCUT2D eigenvalue weighted by molar-refractivity contribution is 0.0141. The highest BCUT2D eigenvalue weighted by Crippen LogP contribution is 2.40. The van der Waals surface area contributed by atoms with Crippen LogP contribution in [0.2, 0.25) is 0 Å². The first-order valence-corrected chi connectivity index (χ1v) is 12.1. The molecule has 1 amide bonds. The van der Waals surface area contributed by atoms with Crippen LogP contribution < -0.4 is 14.2 Å². The molecule has 0 fully saturated rings. The minimum absolute atomic E-state index is 0.206. The fraction of sp³-hybridized carbons (Fsp3) is 0.379. The topological polar surface area (TPSA) is 70.1 Å². The Balaban J connectivity index is 1.69. The predicted molar refractivity (Wildman–Crippen MR) is 139 cm³/mol. The normalized spacial score (nSPS) is 15.2. The first-order chi connectivity index (χ1) is 17.2. The van der Waals surface area contributed by atoms with E-state index in [1.165, 1.54) is 0 Å². The standard InChI is InChI=1S/C29H34N2O5/c1-29(2,3)36-28(32)31-15-13-21-17-25(33-4)26(34-5)18-23(21)24(31)16-19-9-11-20(12-10-19)22-8-7-14-30-27(22)35-6/h7-12,14,17-18,24H,13,15-16H2,1-6H3. The molecule has 0 radical (unpaired) electrons. The van der Waals surface area contributed by atoms with Gasteiger partial charge in [-0.05, 0) is 80.1 Å². The highest BCUT2D eigenvalue weighted by molar-refractivity contribution is 5.70. The first-order valence-electron chi connectivity index (χ1n) is 12.1. The Bertz CT molecular complexity index is 1220. The molecule has 190 valence electrons. The molecule has 0 N–H and O–H groups in total. The van der Waals surface area contributed by atoms with Crippen molar-refractivity contribution in [2.24, 2.45) is 0 Å². The smallest absolute Gasteiger partial charge is 0.410 e. The van der Waals surface area contributed by atoms with E-state index >= 15 is 0 Å². The molecule has 7 heteroatoms. The van der Waals surface area contributed by atoms with Crippen molar-refractivity contribution in [1.29, 1.82) is 0 Å². The summed E-state index contributed by atoms with van der Waals surface area (Å²) in [4.78, 5) is 19.4. The number of pyridine rings is 1.